The maximum Gasteiger partial charge on any atom is 0.357 e. The lowest BCUT2D eigenvalue weighted by Gasteiger charge is -2.10. The molecule has 0 atom stereocenters. The van der Waals surface area contributed by atoms with Gasteiger partial charge in [-0.1, -0.05) is 17.9 Å². The van der Waals surface area contributed by atoms with E-state index in [9.17, 15) is 4.79 Å². The summed E-state index contributed by atoms with van der Waals surface area (Å²) in [5, 5.41) is 8.86. The van der Waals surface area contributed by atoms with E-state index in [2.05, 4.69) is 22.3 Å². The Morgan fingerprint density at radius 3 is 2.62 bits per heavy atom. The maximum atomic E-state index is 10.9. The Kier molecular flexibility index (Phi) is 5.39. The molecule has 0 fully saturated rings. The third kappa shape index (κ3) is 4.50. The number of hydrogen-bond donors (Lipinski definition) is 4. The molecule has 7 nitrogen and oxygen atoms in total. The van der Waals surface area contributed by atoms with Crippen LogP contribution < -0.4 is 21.7 Å². The molecule has 0 saturated carbocycles. The summed E-state index contributed by atoms with van der Waals surface area (Å²) in [5.41, 5.74) is 9.35. The Bertz CT molecular complexity index is 833. The zero-order valence-corrected chi connectivity index (χ0v) is 12.9. The number of ether oxygens (including phenoxy) is 1. The third-order valence-electron chi connectivity index (χ3n) is 2.92. The zero-order valence-electron chi connectivity index (χ0n) is 12.9. The monoisotopic (exact) mass is 324 g/mol. The molecular formula is C17H16N4O3. The predicted octanol–water partition coefficient (Wildman–Crippen LogP) is 0.844. The number of hydrogen-bond acceptors (Lipinski definition) is 6. The van der Waals surface area contributed by atoms with Crippen molar-refractivity contribution in [1.29, 1.82) is 0 Å². The minimum Gasteiger partial charge on any atom is -0.476 e. The quantitative estimate of drug-likeness (QED) is 0.216. The lowest BCUT2D eigenvalue weighted by Crippen LogP contribution is -2.31. The smallest absolute Gasteiger partial charge is 0.357 e. The fourth-order valence-corrected chi connectivity index (χ4v) is 1.70. The Balaban J connectivity index is 2.22. The highest BCUT2D eigenvalue weighted by Gasteiger charge is 2.12. The van der Waals surface area contributed by atoms with Crippen molar-refractivity contribution in [3.8, 4) is 17.6 Å². The molecule has 1 heterocycles. The van der Waals surface area contributed by atoms with Gasteiger partial charge in [0.05, 0.1) is 0 Å². The molecule has 0 radical (unpaired) electrons. The van der Waals surface area contributed by atoms with Gasteiger partial charge in [0.2, 0.25) is 5.88 Å². The van der Waals surface area contributed by atoms with Crippen molar-refractivity contribution < 1.29 is 14.6 Å². The summed E-state index contributed by atoms with van der Waals surface area (Å²) >= 11 is 0. The fourth-order valence-electron chi connectivity index (χ4n) is 1.70. The number of aromatic nitrogens is 1. The van der Waals surface area contributed by atoms with Crippen molar-refractivity contribution >= 4 is 5.97 Å². The summed E-state index contributed by atoms with van der Waals surface area (Å²) in [5.74, 6) is 9.95. The Morgan fingerprint density at radius 1 is 1.25 bits per heavy atom. The van der Waals surface area contributed by atoms with Crippen LogP contribution in [0, 0.1) is 18.8 Å². The molecule has 0 amide bonds. The standard InChI is InChI=1S/C17H16N4O3/c1-11-5-6-13(10-20-11)8-7-12-3-2-4-14(9-12)24-16(21-19)15(18)17(22)23/h2-6,9-10,21H,18-19H2,1H3,(H,22,23)/b16-15+. The van der Waals surface area contributed by atoms with Crippen LogP contribution in [0.4, 0.5) is 0 Å². The second kappa shape index (κ2) is 7.67. The van der Waals surface area contributed by atoms with Gasteiger partial charge in [0.25, 0.3) is 0 Å². The summed E-state index contributed by atoms with van der Waals surface area (Å²) in [7, 11) is 0. The first kappa shape index (κ1) is 16.9. The van der Waals surface area contributed by atoms with E-state index in [1.165, 1.54) is 0 Å². The van der Waals surface area contributed by atoms with Crippen molar-refractivity contribution in [3.63, 3.8) is 0 Å². The molecule has 0 unspecified atom stereocenters. The van der Waals surface area contributed by atoms with Gasteiger partial charge in [0.15, 0.2) is 5.70 Å². The van der Waals surface area contributed by atoms with Crippen LogP contribution in [-0.2, 0) is 4.79 Å². The summed E-state index contributed by atoms with van der Waals surface area (Å²) in [6.45, 7) is 1.90. The number of pyridine rings is 1. The maximum absolute atomic E-state index is 10.9. The second-order valence-electron chi connectivity index (χ2n) is 4.76. The largest absolute Gasteiger partial charge is 0.476 e. The van der Waals surface area contributed by atoms with Gasteiger partial charge < -0.3 is 15.6 Å². The van der Waals surface area contributed by atoms with E-state index < -0.39 is 11.7 Å². The van der Waals surface area contributed by atoms with Crippen molar-refractivity contribution in [2.45, 2.75) is 6.92 Å². The topological polar surface area (TPSA) is 123 Å². The molecule has 0 aliphatic rings. The first-order chi connectivity index (χ1) is 11.5. The molecule has 122 valence electrons. The Morgan fingerprint density at radius 2 is 2.00 bits per heavy atom. The van der Waals surface area contributed by atoms with Crippen LogP contribution in [-0.4, -0.2) is 16.1 Å². The average Bonchev–Trinajstić information content (AvgIpc) is 2.59. The molecule has 0 bridgehead atoms. The highest BCUT2D eigenvalue weighted by molar-refractivity contribution is 5.85. The normalized spacial score (nSPS) is 10.9. The number of nitrogens with one attached hydrogen (secondary N) is 1. The predicted molar refractivity (Wildman–Crippen MR) is 88.2 cm³/mol. The van der Waals surface area contributed by atoms with Crippen LogP contribution in [0.3, 0.4) is 0 Å². The fraction of sp³-hybridized carbons (Fsp3) is 0.0588. The van der Waals surface area contributed by atoms with Crippen LogP contribution in [0.1, 0.15) is 16.8 Å². The molecule has 1 aromatic heterocycles. The molecule has 0 aliphatic heterocycles. The Hall–Kier alpha value is -3.50. The average molecular weight is 324 g/mol. The van der Waals surface area contributed by atoms with Gasteiger partial charge in [0, 0.05) is 23.0 Å². The SMILES string of the molecule is Cc1ccc(C#Cc2cccc(O/C(NN)=C(/N)C(=O)O)c2)cn1. The summed E-state index contributed by atoms with van der Waals surface area (Å²) in [6, 6.07) is 10.5. The van der Waals surface area contributed by atoms with Crippen molar-refractivity contribution in [1.82, 2.24) is 10.4 Å². The number of nitrogens with zero attached hydrogens (tertiary/aromatic N) is 1. The summed E-state index contributed by atoms with van der Waals surface area (Å²) in [4.78, 5) is 15.0. The number of hydrazine groups is 1. The van der Waals surface area contributed by atoms with Crippen LogP contribution in [0.25, 0.3) is 0 Å². The number of carboxylic acid groups (broad SMARTS) is 1. The Labute approximate surface area is 138 Å². The minimum atomic E-state index is -1.34. The van der Waals surface area contributed by atoms with Gasteiger partial charge in [-0.05, 0) is 37.3 Å². The second-order valence-corrected chi connectivity index (χ2v) is 4.76. The first-order valence-electron chi connectivity index (χ1n) is 6.92. The molecule has 2 rings (SSSR count). The van der Waals surface area contributed by atoms with Crippen LogP contribution in [0.5, 0.6) is 5.75 Å². The molecule has 24 heavy (non-hydrogen) atoms. The molecule has 2 aromatic rings. The van der Waals surface area contributed by atoms with Crippen molar-refractivity contribution in [2.75, 3.05) is 0 Å². The van der Waals surface area contributed by atoms with E-state index >= 15 is 0 Å². The van der Waals surface area contributed by atoms with Crippen LogP contribution in [0.15, 0.2) is 54.2 Å². The van der Waals surface area contributed by atoms with Gasteiger partial charge in [0.1, 0.15) is 5.75 Å². The molecule has 1 aromatic carbocycles. The molecule has 0 aliphatic carbocycles. The van der Waals surface area contributed by atoms with Crippen LogP contribution in [0.2, 0.25) is 0 Å². The number of aliphatic carboxylic acids is 1. The molecular weight excluding hydrogens is 308 g/mol. The van der Waals surface area contributed by atoms with Gasteiger partial charge in [-0.2, -0.15) is 0 Å². The summed E-state index contributed by atoms with van der Waals surface area (Å²) in [6.07, 6.45) is 1.69. The van der Waals surface area contributed by atoms with E-state index in [1.807, 2.05) is 19.1 Å². The molecule has 7 heteroatoms. The van der Waals surface area contributed by atoms with Crippen molar-refractivity contribution in [2.24, 2.45) is 11.6 Å². The highest BCUT2D eigenvalue weighted by atomic mass is 16.5. The van der Waals surface area contributed by atoms with E-state index in [1.54, 1.807) is 30.5 Å². The number of carboxylic acids is 1. The minimum absolute atomic E-state index is 0.254. The van der Waals surface area contributed by atoms with E-state index in [0.717, 1.165) is 11.3 Å². The van der Waals surface area contributed by atoms with Gasteiger partial charge in [-0.25, -0.2) is 10.6 Å². The third-order valence-corrected chi connectivity index (χ3v) is 2.92. The molecule has 0 spiro atoms. The lowest BCUT2D eigenvalue weighted by molar-refractivity contribution is -0.132. The number of rotatable bonds is 4. The number of carbonyl (C=O) groups is 1. The lowest BCUT2D eigenvalue weighted by atomic mass is 10.2. The summed E-state index contributed by atoms with van der Waals surface area (Å²) < 4.78 is 5.35. The highest BCUT2D eigenvalue weighted by Crippen LogP contribution is 2.15. The molecule has 0 saturated heterocycles. The number of nitrogens with two attached hydrogens (primary N) is 2. The first-order valence-corrected chi connectivity index (χ1v) is 6.92. The zero-order chi connectivity index (χ0) is 17.5. The van der Waals surface area contributed by atoms with Gasteiger partial charge in [-0.15, -0.1) is 0 Å². The van der Waals surface area contributed by atoms with Crippen LogP contribution >= 0.6 is 0 Å². The van der Waals surface area contributed by atoms with Crippen molar-refractivity contribution in [3.05, 3.63) is 71.0 Å². The van der Waals surface area contributed by atoms with Gasteiger partial charge >= 0.3 is 5.97 Å². The van der Waals surface area contributed by atoms with E-state index in [4.69, 9.17) is 21.4 Å². The van der Waals surface area contributed by atoms with E-state index in [0.29, 0.717) is 11.3 Å². The molecule has 6 N–H and O–H groups in total. The number of benzene rings is 1. The van der Waals surface area contributed by atoms with Gasteiger partial charge in [-0.3, -0.25) is 10.4 Å². The number of aryl methyl sites for hydroxylation is 1. The van der Waals surface area contributed by atoms with E-state index in [-0.39, 0.29) is 5.88 Å².